The third-order valence-corrected chi connectivity index (χ3v) is 11.2. The van der Waals surface area contributed by atoms with Gasteiger partial charge in [-0.05, 0) is 84.2 Å². The van der Waals surface area contributed by atoms with E-state index >= 15 is 0 Å². The zero-order valence-corrected chi connectivity index (χ0v) is 32.3. The number of nitrogens with two attached hydrogens (primary N) is 1. The Labute approximate surface area is 335 Å². The molecular formula is C38H28N8O10S3. The van der Waals surface area contributed by atoms with E-state index in [4.69, 9.17) is 5.73 Å². The Morgan fingerprint density at radius 1 is 0.492 bits per heavy atom. The van der Waals surface area contributed by atoms with Crippen LogP contribution in [0.25, 0.3) is 21.5 Å². The molecule has 0 fully saturated rings. The van der Waals surface area contributed by atoms with Gasteiger partial charge >= 0.3 is 0 Å². The van der Waals surface area contributed by atoms with Gasteiger partial charge in [0.2, 0.25) is 0 Å². The molecule has 0 unspecified atom stereocenters. The molecule has 7 rings (SSSR count). The molecular weight excluding hydrogens is 825 g/mol. The van der Waals surface area contributed by atoms with Crippen LogP contribution in [0, 0.1) is 0 Å². The Hall–Kier alpha value is -7.01. The fraction of sp³-hybridized carbons (Fsp3) is 0. The van der Waals surface area contributed by atoms with E-state index in [1.807, 2.05) is 6.07 Å². The first-order valence-electron chi connectivity index (χ1n) is 16.8. The number of hydrogen-bond donors (Lipinski definition) is 6. The maximum atomic E-state index is 12.5. The monoisotopic (exact) mass is 852 g/mol. The number of nitrogens with one attached hydrogen (secondary N) is 1. The number of rotatable bonds is 11. The number of hydrogen-bond acceptors (Lipinski definition) is 15. The van der Waals surface area contributed by atoms with Gasteiger partial charge in [-0.3, -0.25) is 13.7 Å². The largest absolute Gasteiger partial charge is 0.505 e. The number of nitrogens with zero attached hydrogens (tertiary/aromatic N) is 6. The molecule has 21 heteroatoms. The Morgan fingerprint density at radius 2 is 1.00 bits per heavy atom. The van der Waals surface area contributed by atoms with Crippen LogP contribution in [-0.4, -0.2) is 44.0 Å². The maximum absolute atomic E-state index is 12.5. The van der Waals surface area contributed by atoms with Crippen molar-refractivity contribution in [2.45, 2.75) is 14.7 Å². The Bertz CT molecular complexity index is 3220. The minimum absolute atomic E-state index is 0.132. The van der Waals surface area contributed by atoms with Gasteiger partial charge in [-0.1, -0.05) is 48.5 Å². The molecule has 7 N–H and O–H groups in total. The van der Waals surface area contributed by atoms with Gasteiger partial charge in [0.05, 0.1) is 33.8 Å². The molecule has 0 spiro atoms. The lowest BCUT2D eigenvalue weighted by molar-refractivity contribution is 0.472. The number of fused-ring (bicyclic) bond motifs is 2. The molecule has 298 valence electrons. The zero-order valence-electron chi connectivity index (χ0n) is 29.8. The average molecular weight is 853 g/mol. The first kappa shape index (κ1) is 40.2. The Balaban J connectivity index is 1.24. The van der Waals surface area contributed by atoms with Crippen molar-refractivity contribution in [3.05, 3.63) is 127 Å². The van der Waals surface area contributed by atoms with Gasteiger partial charge in [0.15, 0.2) is 5.75 Å². The molecule has 59 heavy (non-hydrogen) atoms. The maximum Gasteiger partial charge on any atom is 0.296 e. The summed E-state index contributed by atoms with van der Waals surface area (Å²) in [7, 11) is -14.8. The summed E-state index contributed by atoms with van der Waals surface area (Å²) in [5.74, 6) is -0.899. The lowest BCUT2D eigenvalue weighted by atomic mass is 10.1. The topological polar surface area (TPSA) is 296 Å². The van der Waals surface area contributed by atoms with Gasteiger partial charge in [0.1, 0.15) is 26.1 Å². The minimum atomic E-state index is -5.10. The third-order valence-electron chi connectivity index (χ3n) is 8.59. The van der Waals surface area contributed by atoms with Gasteiger partial charge in [0.25, 0.3) is 30.4 Å². The molecule has 0 radical (unpaired) electrons. The summed E-state index contributed by atoms with van der Waals surface area (Å²) in [6, 6.07) is 32.0. The van der Waals surface area contributed by atoms with Crippen molar-refractivity contribution < 1.29 is 44.0 Å². The van der Waals surface area contributed by atoms with Gasteiger partial charge < -0.3 is 16.2 Å². The van der Waals surface area contributed by atoms with Crippen LogP contribution in [0.4, 0.5) is 51.2 Å². The highest BCUT2D eigenvalue weighted by Crippen LogP contribution is 2.48. The van der Waals surface area contributed by atoms with E-state index in [0.29, 0.717) is 22.4 Å². The van der Waals surface area contributed by atoms with E-state index in [1.165, 1.54) is 48.5 Å². The minimum Gasteiger partial charge on any atom is -0.505 e. The van der Waals surface area contributed by atoms with E-state index in [-0.39, 0.29) is 38.1 Å². The van der Waals surface area contributed by atoms with Gasteiger partial charge in [-0.25, -0.2) is 0 Å². The highest BCUT2D eigenvalue weighted by molar-refractivity contribution is 7.86. The van der Waals surface area contributed by atoms with Crippen molar-refractivity contribution >= 4 is 103 Å². The molecule has 0 aromatic heterocycles. The predicted molar refractivity (Wildman–Crippen MR) is 219 cm³/mol. The molecule has 0 amide bonds. The predicted octanol–water partition coefficient (Wildman–Crippen LogP) is 10.0. The number of phenolic OH excluding ortho intramolecular Hbond substituents is 1. The summed E-state index contributed by atoms with van der Waals surface area (Å²) in [5.41, 5.74) is 6.46. The first-order valence-corrected chi connectivity index (χ1v) is 21.1. The fourth-order valence-corrected chi connectivity index (χ4v) is 8.01. The number of benzene rings is 7. The van der Waals surface area contributed by atoms with Gasteiger partial charge in [0, 0.05) is 22.1 Å². The molecule has 0 aliphatic heterocycles. The quantitative estimate of drug-likeness (QED) is 0.0402. The second-order valence-corrected chi connectivity index (χ2v) is 16.7. The van der Waals surface area contributed by atoms with E-state index in [9.17, 15) is 44.0 Å². The Kier molecular flexibility index (Phi) is 10.7. The van der Waals surface area contributed by atoms with Crippen molar-refractivity contribution in [1.29, 1.82) is 0 Å². The number of phenols is 1. The van der Waals surface area contributed by atoms with Crippen LogP contribution in [0.5, 0.6) is 5.75 Å². The number of anilines is 3. The van der Waals surface area contributed by atoms with Crippen LogP contribution in [0.15, 0.2) is 173 Å². The van der Waals surface area contributed by atoms with Crippen molar-refractivity contribution in [3.8, 4) is 5.75 Å². The summed E-state index contributed by atoms with van der Waals surface area (Å²) in [5, 5.41) is 38.6. The van der Waals surface area contributed by atoms with E-state index in [0.717, 1.165) is 12.1 Å². The molecule has 18 nitrogen and oxygen atoms in total. The summed E-state index contributed by atoms with van der Waals surface area (Å²) in [6.45, 7) is 0. The standard InChI is InChI=1S/C38H28N8O10S3/c39-35-33-22(21-32(59(54,55)56)37(38(33)47)46-42-24-10-5-2-6-11-24)20-31(58(51,52)53)36(35)45-43-26-16-14-25(15-17-26)41-44-28-18-19-29(40-23-8-3-1-4-9-23)34-27(28)12-7-13-30(34)57(48,49)50/h1-21,40,47H,39H2,(H,48,49,50)(H,51,52,53)(H,54,55,56). The number of azo groups is 3. The van der Waals surface area contributed by atoms with Crippen LogP contribution < -0.4 is 11.1 Å². The van der Waals surface area contributed by atoms with Crippen molar-refractivity contribution in [2.24, 2.45) is 30.7 Å². The summed E-state index contributed by atoms with van der Waals surface area (Å²) < 4.78 is 104. The SMILES string of the molecule is Nc1c(N=Nc2ccc(N=Nc3ccc(Nc4ccccc4)c4c(S(=O)(=O)O)cccc34)cc2)c(S(=O)(=O)O)cc2cc(S(=O)(=O)O)c(N=Nc3ccccc3)c(O)c12. The Morgan fingerprint density at radius 3 is 1.58 bits per heavy atom. The smallest absolute Gasteiger partial charge is 0.296 e. The van der Waals surface area contributed by atoms with Crippen molar-refractivity contribution in [3.63, 3.8) is 0 Å². The lowest BCUT2D eigenvalue weighted by Gasteiger charge is -2.14. The fourth-order valence-electron chi connectivity index (χ4n) is 5.95. The molecule has 7 aromatic rings. The summed E-state index contributed by atoms with van der Waals surface area (Å²) >= 11 is 0. The van der Waals surface area contributed by atoms with Gasteiger partial charge in [-0.15, -0.1) is 15.3 Å². The van der Waals surface area contributed by atoms with Crippen LogP contribution in [0.2, 0.25) is 0 Å². The molecule has 0 bridgehead atoms. The molecule has 0 aliphatic rings. The van der Waals surface area contributed by atoms with Crippen LogP contribution in [-0.2, 0) is 30.4 Å². The summed E-state index contributed by atoms with van der Waals surface area (Å²) in [4.78, 5) is -2.16. The lowest BCUT2D eigenvalue weighted by Crippen LogP contribution is -2.03. The highest BCUT2D eigenvalue weighted by atomic mass is 32.2. The number of para-hydroxylation sites is 1. The van der Waals surface area contributed by atoms with Crippen LogP contribution in [0.1, 0.15) is 0 Å². The van der Waals surface area contributed by atoms with E-state index in [1.54, 1.807) is 60.7 Å². The van der Waals surface area contributed by atoms with Crippen molar-refractivity contribution in [1.82, 2.24) is 0 Å². The van der Waals surface area contributed by atoms with Crippen molar-refractivity contribution in [2.75, 3.05) is 11.1 Å². The normalized spacial score (nSPS) is 12.7. The molecule has 7 aromatic carbocycles. The molecule has 0 atom stereocenters. The number of nitrogen functional groups attached to an aromatic ring is 1. The molecule has 0 saturated heterocycles. The second kappa shape index (κ2) is 15.7. The first-order chi connectivity index (χ1) is 28.0. The zero-order chi connectivity index (χ0) is 42.1. The van der Waals surface area contributed by atoms with Gasteiger partial charge in [-0.2, -0.15) is 40.6 Å². The highest BCUT2D eigenvalue weighted by Gasteiger charge is 2.28. The molecule has 0 saturated carbocycles. The molecule has 0 aliphatic carbocycles. The van der Waals surface area contributed by atoms with E-state index < -0.39 is 63.0 Å². The summed E-state index contributed by atoms with van der Waals surface area (Å²) in [6.07, 6.45) is 0. The van der Waals surface area contributed by atoms with Crippen LogP contribution in [0.3, 0.4) is 0 Å². The molecule has 0 heterocycles. The third kappa shape index (κ3) is 8.64. The second-order valence-electron chi connectivity index (χ2n) is 12.5. The van der Waals surface area contributed by atoms with E-state index in [2.05, 4.69) is 36.0 Å². The average Bonchev–Trinajstić information content (AvgIpc) is 3.19. The number of aromatic hydroxyl groups is 1. The van der Waals surface area contributed by atoms with Crippen LogP contribution >= 0.6 is 0 Å².